The second-order valence-electron chi connectivity index (χ2n) is 5.22. The Balaban J connectivity index is 1.97. The summed E-state index contributed by atoms with van der Waals surface area (Å²) >= 11 is 5.80. The minimum absolute atomic E-state index is 0.136. The normalized spacial score (nSPS) is 10.9. The van der Waals surface area contributed by atoms with Gasteiger partial charge in [0.05, 0.1) is 4.92 Å². The van der Waals surface area contributed by atoms with Crippen LogP contribution in [0.3, 0.4) is 0 Å². The van der Waals surface area contributed by atoms with E-state index in [1.165, 1.54) is 12.1 Å². The van der Waals surface area contributed by atoms with Gasteiger partial charge in [0.25, 0.3) is 0 Å². The fraction of sp³-hybridized carbons (Fsp3) is 0. The SMILES string of the molecule is O=[N+]([O-])c1cc(Cl)ccc1OP(=O)(Oc1ccccc1)Oc1ccccc1. The van der Waals surface area contributed by atoms with Crippen LogP contribution in [-0.4, -0.2) is 4.92 Å². The van der Waals surface area contributed by atoms with Crippen LogP contribution < -0.4 is 13.6 Å². The van der Waals surface area contributed by atoms with Crippen molar-refractivity contribution in [1.29, 1.82) is 0 Å². The highest BCUT2D eigenvalue weighted by molar-refractivity contribution is 7.49. The van der Waals surface area contributed by atoms with Crippen molar-refractivity contribution in [2.24, 2.45) is 0 Å². The fourth-order valence-electron chi connectivity index (χ4n) is 2.11. The van der Waals surface area contributed by atoms with E-state index >= 15 is 0 Å². The van der Waals surface area contributed by atoms with E-state index in [4.69, 9.17) is 25.2 Å². The van der Waals surface area contributed by atoms with Crippen LogP contribution in [0.4, 0.5) is 5.69 Å². The van der Waals surface area contributed by atoms with Crippen molar-refractivity contribution < 1.29 is 23.1 Å². The third-order valence-electron chi connectivity index (χ3n) is 3.25. The molecular formula is C18H13ClNO6P. The van der Waals surface area contributed by atoms with Gasteiger partial charge in [-0.2, -0.15) is 4.57 Å². The molecular weight excluding hydrogens is 393 g/mol. The van der Waals surface area contributed by atoms with Crippen LogP contribution in [0.15, 0.2) is 78.9 Å². The number of nitro benzene ring substituents is 1. The Hall–Kier alpha value is -3.02. The van der Waals surface area contributed by atoms with Crippen LogP contribution in [0.2, 0.25) is 5.02 Å². The van der Waals surface area contributed by atoms with Gasteiger partial charge in [-0.05, 0) is 36.4 Å². The van der Waals surface area contributed by atoms with Gasteiger partial charge in [0.15, 0.2) is 0 Å². The molecule has 0 saturated carbocycles. The van der Waals surface area contributed by atoms with Gasteiger partial charge in [0.2, 0.25) is 5.75 Å². The highest BCUT2D eigenvalue weighted by Gasteiger charge is 2.35. The first-order chi connectivity index (χ1) is 13.0. The van der Waals surface area contributed by atoms with Crippen molar-refractivity contribution in [2.75, 3.05) is 0 Å². The van der Waals surface area contributed by atoms with Crippen molar-refractivity contribution in [1.82, 2.24) is 0 Å². The Morgan fingerprint density at radius 3 is 1.81 bits per heavy atom. The van der Waals surface area contributed by atoms with Gasteiger partial charge in [-0.15, -0.1) is 0 Å². The maximum absolute atomic E-state index is 13.3. The molecule has 0 fully saturated rings. The first-order valence-electron chi connectivity index (χ1n) is 7.68. The Kier molecular flexibility index (Phi) is 5.64. The van der Waals surface area contributed by atoms with E-state index in [1.807, 2.05) is 0 Å². The summed E-state index contributed by atoms with van der Waals surface area (Å²) in [6, 6.07) is 20.1. The minimum atomic E-state index is -4.31. The molecule has 27 heavy (non-hydrogen) atoms. The monoisotopic (exact) mass is 405 g/mol. The molecule has 0 aliphatic heterocycles. The number of nitrogens with zero attached hydrogens (tertiary/aromatic N) is 1. The molecule has 0 N–H and O–H groups in total. The lowest BCUT2D eigenvalue weighted by Crippen LogP contribution is -2.08. The molecule has 9 heteroatoms. The van der Waals surface area contributed by atoms with Crippen molar-refractivity contribution >= 4 is 25.1 Å². The van der Waals surface area contributed by atoms with Crippen LogP contribution in [0.1, 0.15) is 0 Å². The molecule has 0 aliphatic rings. The van der Waals surface area contributed by atoms with Crippen LogP contribution in [-0.2, 0) is 4.57 Å². The number of halogens is 1. The average Bonchev–Trinajstić information content (AvgIpc) is 2.64. The summed E-state index contributed by atoms with van der Waals surface area (Å²) in [7, 11) is -4.31. The number of hydrogen-bond acceptors (Lipinski definition) is 6. The number of rotatable bonds is 7. The van der Waals surface area contributed by atoms with Gasteiger partial charge < -0.3 is 13.6 Å². The largest absolute Gasteiger partial charge is 0.647 e. The second kappa shape index (κ2) is 8.12. The molecule has 7 nitrogen and oxygen atoms in total. The number of phosphoric acid groups is 1. The number of phosphoric ester groups is 1. The van der Waals surface area contributed by atoms with Crippen LogP contribution >= 0.6 is 19.4 Å². The highest BCUT2D eigenvalue weighted by atomic mass is 35.5. The predicted octanol–water partition coefficient (Wildman–Crippen LogP) is 5.89. The van der Waals surface area contributed by atoms with Crippen LogP contribution in [0.25, 0.3) is 0 Å². The quantitative estimate of drug-likeness (QED) is 0.276. The zero-order chi connectivity index (χ0) is 19.3. The van der Waals surface area contributed by atoms with Gasteiger partial charge in [0, 0.05) is 11.1 Å². The second-order valence-corrected chi connectivity index (χ2v) is 7.09. The lowest BCUT2D eigenvalue weighted by atomic mass is 10.3. The Morgan fingerprint density at radius 1 is 0.815 bits per heavy atom. The number of nitro groups is 1. The standard InChI is InChI=1S/C18H13ClNO6P/c19-14-11-12-18(17(13-14)20(21)22)26-27(23,24-15-7-3-1-4-8-15)25-16-9-5-2-6-10-16/h1-13H. The fourth-order valence-corrected chi connectivity index (χ4v) is 3.54. The predicted molar refractivity (Wildman–Crippen MR) is 100 cm³/mol. The average molecular weight is 406 g/mol. The molecule has 0 aliphatic carbocycles. The molecule has 0 radical (unpaired) electrons. The number of para-hydroxylation sites is 2. The molecule has 0 amide bonds. The summed E-state index contributed by atoms with van der Waals surface area (Å²) < 4.78 is 29.5. The zero-order valence-electron chi connectivity index (χ0n) is 13.7. The maximum Gasteiger partial charge on any atom is 0.647 e. The molecule has 0 spiro atoms. The van der Waals surface area contributed by atoms with E-state index in [0.717, 1.165) is 6.07 Å². The summed E-state index contributed by atoms with van der Waals surface area (Å²) in [6.07, 6.45) is 0. The van der Waals surface area contributed by atoms with E-state index in [9.17, 15) is 14.7 Å². The molecule has 3 aromatic rings. The van der Waals surface area contributed by atoms with E-state index in [1.54, 1.807) is 60.7 Å². The van der Waals surface area contributed by atoms with Crippen LogP contribution in [0.5, 0.6) is 17.2 Å². The molecule has 138 valence electrons. The lowest BCUT2D eigenvalue weighted by Gasteiger charge is -2.19. The topological polar surface area (TPSA) is 87.9 Å². The summed E-state index contributed by atoms with van der Waals surface area (Å²) in [5.74, 6) is 0.140. The van der Waals surface area contributed by atoms with E-state index in [0.29, 0.717) is 0 Å². The van der Waals surface area contributed by atoms with Gasteiger partial charge in [-0.1, -0.05) is 48.0 Å². The first kappa shape index (κ1) is 18.8. The molecule has 0 atom stereocenters. The third kappa shape index (κ3) is 5.00. The summed E-state index contributed by atoms with van der Waals surface area (Å²) in [6.45, 7) is 0. The van der Waals surface area contributed by atoms with Crippen molar-refractivity contribution in [3.63, 3.8) is 0 Å². The van der Waals surface area contributed by atoms with E-state index in [-0.39, 0.29) is 22.3 Å². The highest BCUT2D eigenvalue weighted by Crippen LogP contribution is 2.51. The van der Waals surface area contributed by atoms with Gasteiger partial charge in [0.1, 0.15) is 11.5 Å². The van der Waals surface area contributed by atoms with Crippen molar-refractivity contribution in [2.45, 2.75) is 0 Å². The molecule has 0 aromatic heterocycles. The van der Waals surface area contributed by atoms with E-state index in [2.05, 4.69) is 0 Å². The molecule has 0 bridgehead atoms. The number of benzene rings is 3. The van der Waals surface area contributed by atoms with Crippen molar-refractivity contribution in [3.05, 3.63) is 94.0 Å². The van der Waals surface area contributed by atoms with Gasteiger partial charge in [-0.25, -0.2) is 0 Å². The summed E-state index contributed by atoms with van der Waals surface area (Å²) in [5.41, 5.74) is -0.462. The molecule has 3 aromatic carbocycles. The first-order valence-corrected chi connectivity index (χ1v) is 9.52. The summed E-state index contributed by atoms with van der Waals surface area (Å²) in [5, 5.41) is 11.4. The maximum atomic E-state index is 13.3. The van der Waals surface area contributed by atoms with Crippen molar-refractivity contribution in [3.8, 4) is 17.2 Å². The van der Waals surface area contributed by atoms with Gasteiger partial charge >= 0.3 is 13.5 Å². The molecule has 3 rings (SSSR count). The third-order valence-corrected chi connectivity index (χ3v) is 4.77. The summed E-state index contributed by atoms with van der Waals surface area (Å²) in [4.78, 5) is 10.6. The smallest absolute Gasteiger partial charge is 0.386 e. The Labute approximate surface area is 159 Å². The minimum Gasteiger partial charge on any atom is -0.386 e. The molecule has 0 heterocycles. The Morgan fingerprint density at radius 2 is 1.33 bits per heavy atom. The Bertz CT molecular complexity index is 938. The van der Waals surface area contributed by atoms with E-state index < -0.39 is 18.4 Å². The molecule has 0 saturated heterocycles. The van der Waals surface area contributed by atoms with Crippen LogP contribution in [0, 0.1) is 10.1 Å². The lowest BCUT2D eigenvalue weighted by molar-refractivity contribution is -0.385. The number of hydrogen-bond donors (Lipinski definition) is 0. The zero-order valence-corrected chi connectivity index (χ0v) is 15.4. The molecule has 0 unspecified atom stereocenters. The van der Waals surface area contributed by atoms with Gasteiger partial charge in [-0.3, -0.25) is 10.1 Å².